The van der Waals surface area contributed by atoms with Crippen LogP contribution in [0, 0.1) is 6.92 Å². The SMILES string of the molecule is Cc1cccc(-c2c(-c3ccc4nccnc4c3)n[nH]c2C(=O)O)n1. The molecule has 0 amide bonds. The molecular weight excluding hydrogens is 318 g/mol. The van der Waals surface area contributed by atoms with Crippen LogP contribution in [-0.2, 0) is 0 Å². The lowest BCUT2D eigenvalue weighted by molar-refractivity contribution is 0.0691. The molecule has 122 valence electrons. The zero-order valence-electron chi connectivity index (χ0n) is 13.3. The van der Waals surface area contributed by atoms with E-state index in [4.69, 9.17) is 0 Å². The lowest BCUT2D eigenvalue weighted by Crippen LogP contribution is -2.00. The summed E-state index contributed by atoms with van der Waals surface area (Å²) < 4.78 is 0. The second-order valence-electron chi connectivity index (χ2n) is 5.55. The maximum absolute atomic E-state index is 11.6. The molecule has 0 bridgehead atoms. The van der Waals surface area contributed by atoms with Crippen LogP contribution in [0.25, 0.3) is 33.5 Å². The summed E-state index contributed by atoms with van der Waals surface area (Å²) in [5.74, 6) is -1.09. The minimum Gasteiger partial charge on any atom is -0.477 e. The van der Waals surface area contributed by atoms with Gasteiger partial charge < -0.3 is 5.11 Å². The maximum Gasteiger partial charge on any atom is 0.354 e. The zero-order valence-corrected chi connectivity index (χ0v) is 13.3. The van der Waals surface area contributed by atoms with Gasteiger partial charge in [0.25, 0.3) is 0 Å². The van der Waals surface area contributed by atoms with Crippen LogP contribution in [0.5, 0.6) is 0 Å². The minimum absolute atomic E-state index is 0.00680. The number of aromatic carboxylic acids is 1. The van der Waals surface area contributed by atoms with Gasteiger partial charge in [-0.1, -0.05) is 12.1 Å². The molecule has 0 saturated carbocycles. The Hall–Kier alpha value is -3.61. The molecule has 3 aromatic heterocycles. The van der Waals surface area contributed by atoms with Gasteiger partial charge in [0.1, 0.15) is 5.69 Å². The number of hydrogen-bond acceptors (Lipinski definition) is 5. The van der Waals surface area contributed by atoms with Crippen LogP contribution in [0.2, 0.25) is 0 Å². The van der Waals surface area contributed by atoms with Gasteiger partial charge in [-0.15, -0.1) is 0 Å². The number of pyridine rings is 1. The fourth-order valence-corrected chi connectivity index (χ4v) is 2.75. The van der Waals surface area contributed by atoms with Gasteiger partial charge in [-0.05, 0) is 31.2 Å². The molecule has 7 nitrogen and oxygen atoms in total. The Morgan fingerprint density at radius 1 is 1.08 bits per heavy atom. The summed E-state index contributed by atoms with van der Waals surface area (Å²) in [6, 6.07) is 11.0. The average Bonchev–Trinajstić information content (AvgIpc) is 3.06. The molecule has 2 N–H and O–H groups in total. The van der Waals surface area contributed by atoms with E-state index < -0.39 is 5.97 Å². The monoisotopic (exact) mass is 331 g/mol. The number of benzene rings is 1. The highest BCUT2D eigenvalue weighted by molar-refractivity contribution is 5.98. The molecule has 0 aliphatic rings. The fourth-order valence-electron chi connectivity index (χ4n) is 2.75. The molecule has 0 aliphatic carbocycles. The predicted molar refractivity (Wildman–Crippen MR) is 92.0 cm³/mol. The third-order valence-corrected chi connectivity index (χ3v) is 3.87. The first-order valence-corrected chi connectivity index (χ1v) is 7.60. The molecule has 0 spiro atoms. The van der Waals surface area contributed by atoms with Crippen molar-refractivity contribution in [1.29, 1.82) is 0 Å². The van der Waals surface area contributed by atoms with Crippen molar-refractivity contribution >= 4 is 17.0 Å². The molecule has 0 fully saturated rings. The summed E-state index contributed by atoms with van der Waals surface area (Å²) in [4.78, 5) is 24.6. The van der Waals surface area contributed by atoms with E-state index in [1.54, 1.807) is 18.5 Å². The first-order valence-electron chi connectivity index (χ1n) is 7.60. The van der Waals surface area contributed by atoms with Gasteiger partial charge >= 0.3 is 5.97 Å². The van der Waals surface area contributed by atoms with Crippen molar-refractivity contribution < 1.29 is 9.90 Å². The summed E-state index contributed by atoms with van der Waals surface area (Å²) in [5.41, 5.74) is 4.55. The molecule has 0 radical (unpaired) electrons. The third kappa shape index (κ3) is 2.61. The summed E-state index contributed by atoms with van der Waals surface area (Å²) in [5, 5.41) is 16.3. The van der Waals surface area contributed by atoms with Gasteiger partial charge in [0.2, 0.25) is 0 Å². The summed E-state index contributed by atoms with van der Waals surface area (Å²) in [6.45, 7) is 1.86. The van der Waals surface area contributed by atoms with E-state index in [9.17, 15) is 9.90 Å². The normalized spacial score (nSPS) is 10.9. The Labute approximate surface area is 142 Å². The van der Waals surface area contributed by atoms with Crippen LogP contribution in [0.3, 0.4) is 0 Å². The standard InChI is InChI=1S/C18H13N5O2/c1-10-3-2-4-13(21-10)15-16(22-23-17(15)18(24)25)11-5-6-12-14(9-11)20-8-7-19-12/h2-9H,1H3,(H,22,23)(H,24,25). The second kappa shape index (κ2) is 5.79. The highest BCUT2D eigenvalue weighted by Crippen LogP contribution is 2.33. The zero-order chi connectivity index (χ0) is 17.4. The number of hydrogen-bond donors (Lipinski definition) is 2. The van der Waals surface area contributed by atoms with E-state index in [1.165, 1.54) is 0 Å². The number of rotatable bonds is 3. The van der Waals surface area contributed by atoms with Gasteiger partial charge in [-0.3, -0.25) is 20.1 Å². The topological polar surface area (TPSA) is 105 Å². The second-order valence-corrected chi connectivity index (χ2v) is 5.55. The maximum atomic E-state index is 11.6. The lowest BCUT2D eigenvalue weighted by Gasteiger charge is -2.06. The molecule has 0 atom stereocenters. The Morgan fingerprint density at radius 3 is 2.64 bits per heavy atom. The highest BCUT2D eigenvalue weighted by atomic mass is 16.4. The van der Waals surface area contributed by atoms with Crippen molar-refractivity contribution in [1.82, 2.24) is 25.1 Å². The third-order valence-electron chi connectivity index (χ3n) is 3.87. The number of nitrogens with zero attached hydrogens (tertiary/aromatic N) is 4. The first-order chi connectivity index (χ1) is 12.1. The Bertz CT molecular complexity index is 1100. The number of aromatic amines is 1. The summed E-state index contributed by atoms with van der Waals surface area (Å²) >= 11 is 0. The minimum atomic E-state index is -1.09. The lowest BCUT2D eigenvalue weighted by atomic mass is 10.0. The molecule has 4 aromatic rings. The van der Waals surface area contributed by atoms with E-state index >= 15 is 0 Å². The van der Waals surface area contributed by atoms with Crippen molar-refractivity contribution in [3.05, 3.63) is 60.2 Å². The summed E-state index contributed by atoms with van der Waals surface area (Å²) in [7, 11) is 0. The predicted octanol–water partition coefficient (Wildman–Crippen LogP) is 3.09. The van der Waals surface area contributed by atoms with Crippen molar-refractivity contribution in [2.45, 2.75) is 6.92 Å². The van der Waals surface area contributed by atoms with Crippen LogP contribution in [0.15, 0.2) is 48.8 Å². The van der Waals surface area contributed by atoms with Crippen LogP contribution in [0.1, 0.15) is 16.2 Å². The van der Waals surface area contributed by atoms with E-state index in [0.29, 0.717) is 22.5 Å². The molecule has 0 unspecified atom stereocenters. The first kappa shape index (κ1) is 14.9. The van der Waals surface area contributed by atoms with E-state index in [1.807, 2.05) is 37.3 Å². The molecule has 0 saturated heterocycles. The number of aromatic nitrogens is 5. The molecule has 1 aromatic carbocycles. The Kier molecular flexibility index (Phi) is 3.46. The van der Waals surface area contributed by atoms with E-state index in [2.05, 4.69) is 25.1 Å². The number of carbonyl (C=O) groups is 1. The van der Waals surface area contributed by atoms with Gasteiger partial charge in [0.05, 0.1) is 22.3 Å². The van der Waals surface area contributed by atoms with Crippen molar-refractivity contribution in [3.63, 3.8) is 0 Å². The average molecular weight is 331 g/mol. The van der Waals surface area contributed by atoms with Crippen LogP contribution >= 0.6 is 0 Å². The van der Waals surface area contributed by atoms with Crippen LogP contribution in [0.4, 0.5) is 0 Å². The number of nitrogens with one attached hydrogen (secondary N) is 1. The van der Waals surface area contributed by atoms with Gasteiger partial charge in [0, 0.05) is 23.7 Å². The van der Waals surface area contributed by atoms with Crippen LogP contribution < -0.4 is 0 Å². The van der Waals surface area contributed by atoms with E-state index in [-0.39, 0.29) is 5.69 Å². The van der Waals surface area contributed by atoms with Crippen molar-refractivity contribution in [2.24, 2.45) is 0 Å². The van der Waals surface area contributed by atoms with Gasteiger partial charge in [-0.2, -0.15) is 5.10 Å². The van der Waals surface area contributed by atoms with E-state index in [0.717, 1.165) is 16.8 Å². The van der Waals surface area contributed by atoms with Gasteiger partial charge in [0.15, 0.2) is 5.69 Å². The number of aryl methyl sites for hydroxylation is 1. The van der Waals surface area contributed by atoms with Crippen molar-refractivity contribution in [2.75, 3.05) is 0 Å². The largest absolute Gasteiger partial charge is 0.477 e. The quantitative estimate of drug-likeness (QED) is 0.598. The molecular formula is C18H13N5O2. The molecule has 0 aliphatic heterocycles. The number of fused-ring (bicyclic) bond motifs is 1. The van der Waals surface area contributed by atoms with Crippen LogP contribution in [-0.4, -0.2) is 36.2 Å². The number of carboxylic acid groups (broad SMARTS) is 1. The smallest absolute Gasteiger partial charge is 0.354 e. The van der Waals surface area contributed by atoms with Crippen molar-refractivity contribution in [3.8, 4) is 22.5 Å². The number of H-pyrrole nitrogens is 1. The molecule has 3 heterocycles. The fraction of sp³-hybridized carbons (Fsp3) is 0.0556. The molecule has 7 heteroatoms. The number of carboxylic acids is 1. The molecule has 25 heavy (non-hydrogen) atoms. The summed E-state index contributed by atoms with van der Waals surface area (Å²) in [6.07, 6.45) is 3.24. The Morgan fingerprint density at radius 2 is 1.88 bits per heavy atom. The van der Waals surface area contributed by atoms with Gasteiger partial charge in [-0.25, -0.2) is 4.79 Å². The molecule has 4 rings (SSSR count). The Balaban J connectivity index is 1.96. The highest BCUT2D eigenvalue weighted by Gasteiger charge is 2.22.